The maximum Gasteiger partial charge on any atom is 0.234 e. The van der Waals surface area contributed by atoms with E-state index in [9.17, 15) is 4.79 Å². The van der Waals surface area contributed by atoms with Gasteiger partial charge in [-0.1, -0.05) is 44.2 Å². The van der Waals surface area contributed by atoms with Crippen LogP contribution in [0.1, 0.15) is 36.5 Å². The number of fused-ring (bicyclic) bond motifs is 1. The van der Waals surface area contributed by atoms with E-state index in [1.54, 1.807) is 0 Å². The zero-order chi connectivity index (χ0) is 19.2. The highest BCUT2D eigenvalue weighted by atomic mass is 16.7. The molecule has 1 aliphatic heterocycles. The zero-order valence-electron chi connectivity index (χ0n) is 16.3. The Hall–Kier alpha value is -2.53. The molecule has 1 heterocycles. The number of hydrogen-bond acceptors (Lipinski definition) is 4. The minimum Gasteiger partial charge on any atom is -0.454 e. The first kappa shape index (κ1) is 19.2. The van der Waals surface area contributed by atoms with E-state index in [2.05, 4.69) is 43.4 Å². The Bertz CT molecular complexity index is 772. The van der Waals surface area contributed by atoms with Crippen LogP contribution in [-0.2, 0) is 17.8 Å². The van der Waals surface area contributed by atoms with Crippen LogP contribution >= 0.6 is 0 Å². The third kappa shape index (κ3) is 5.47. The van der Waals surface area contributed by atoms with Gasteiger partial charge in [0.05, 0.1) is 6.54 Å². The first-order valence-electron chi connectivity index (χ1n) is 9.44. The molecule has 3 rings (SSSR count). The van der Waals surface area contributed by atoms with Crippen LogP contribution in [0.3, 0.4) is 0 Å². The van der Waals surface area contributed by atoms with Gasteiger partial charge >= 0.3 is 0 Å². The average Bonchev–Trinajstić information content (AvgIpc) is 3.09. The van der Waals surface area contributed by atoms with Crippen LogP contribution < -0.4 is 14.8 Å². The monoisotopic (exact) mass is 368 g/mol. The first-order valence-corrected chi connectivity index (χ1v) is 9.44. The third-order valence-electron chi connectivity index (χ3n) is 4.69. The molecule has 1 aliphatic rings. The van der Waals surface area contributed by atoms with Crippen LogP contribution in [0.2, 0.25) is 0 Å². The number of rotatable bonds is 8. The number of nitrogens with zero attached hydrogens (tertiary/aromatic N) is 1. The fourth-order valence-electron chi connectivity index (χ4n) is 3.12. The molecule has 0 saturated carbocycles. The second-order valence-electron chi connectivity index (χ2n) is 7.36. The van der Waals surface area contributed by atoms with Gasteiger partial charge in [0.25, 0.3) is 0 Å². The van der Waals surface area contributed by atoms with E-state index in [1.807, 2.05) is 30.1 Å². The predicted octanol–water partition coefficient (Wildman–Crippen LogP) is 3.33. The first-order chi connectivity index (χ1) is 13.0. The molecular formula is C22H28N2O3. The van der Waals surface area contributed by atoms with Gasteiger partial charge in [-0.05, 0) is 48.2 Å². The van der Waals surface area contributed by atoms with Crippen LogP contribution in [0.15, 0.2) is 42.5 Å². The quantitative estimate of drug-likeness (QED) is 0.777. The van der Waals surface area contributed by atoms with Gasteiger partial charge in [-0.15, -0.1) is 0 Å². The van der Waals surface area contributed by atoms with Crippen molar-refractivity contribution in [3.63, 3.8) is 0 Å². The molecular weight excluding hydrogens is 340 g/mol. The van der Waals surface area contributed by atoms with Crippen molar-refractivity contribution in [1.29, 1.82) is 0 Å². The van der Waals surface area contributed by atoms with Crippen molar-refractivity contribution in [3.05, 3.63) is 59.2 Å². The van der Waals surface area contributed by atoms with E-state index < -0.39 is 0 Å². The Kier molecular flexibility index (Phi) is 6.35. The van der Waals surface area contributed by atoms with Crippen molar-refractivity contribution in [3.8, 4) is 11.5 Å². The lowest BCUT2D eigenvalue weighted by atomic mass is 10.0. The SMILES string of the molecule is CC(C)c1ccc(CCNC(=O)CN(C)Cc2ccc3c(c2)OCO3)cc1. The molecule has 2 aromatic carbocycles. The normalized spacial score (nSPS) is 12.6. The zero-order valence-corrected chi connectivity index (χ0v) is 16.3. The summed E-state index contributed by atoms with van der Waals surface area (Å²) >= 11 is 0. The summed E-state index contributed by atoms with van der Waals surface area (Å²) in [5.41, 5.74) is 3.68. The number of likely N-dealkylation sites (N-methyl/N-ethyl adjacent to an activating group) is 1. The van der Waals surface area contributed by atoms with Crippen LogP contribution in [0.5, 0.6) is 11.5 Å². The van der Waals surface area contributed by atoms with Crippen molar-refractivity contribution >= 4 is 5.91 Å². The predicted molar refractivity (Wildman–Crippen MR) is 106 cm³/mol. The molecule has 5 heteroatoms. The van der Waals surface area contributed by atoms with Gasteiger partial charge in [-0.3, -0.25) is 9.69 Å². The van der Waals surface area contributed by atoms with Gasteiger partial charge in [0.15, 0.2) is 11.5 Å². The lowest BCUT2D eigenvalue weighted by molar-refractivity contribution is -0.122. The molecule has 0 saturated heterocycles. The second kappa shape index (κ2) is 8.91. The molecule has 0 fully saturated rings. The molecule has 1 amide bonds. The molecule has 0 atom stereocenters. The number of carbonyl (C=O) groups is 1. The van der Waals surface area contributed by atoms with Gasteiger partial charge in [0.2, 0.25) is 12.7 Å². The Morgan fingerprint density at radius 1 is 1.07 bits per heavy atom. The van der Waals surface area contributed by atoms with E-state index in [0.717, 1.165) is 23.5 Å². The number of carbonyl (C=O) groups excluding carboxylic acids is 1. The lowest BCUT2D eigenvalue weighted by Crippen LogP contribution is -2.35. The summed E-state index contributed by atoms with van der Waals surface area (Å²) in [7, 11) is 1.94. The summed E-state index contributed by atoms with van der Waals surface area (Å²) in [6.07, 6.45) is 0.843. The van der Waals surface area contributed by atoms with Crippen LogP contribution in [0.25, 0.3) is 0 Å². The number of hydrogen-bond donors (Lipinski definition) is 1. The molecule has 5 nitrogen and oxygen atoms in total. The van der Waals surface area contributed by atoms with Gasteiger partial charge in [0, 0.05) is 13.1 Å². The molecule has 0 aromatic heterocycles. The minimum atomic E-state index is 0.0389. The van der Waals surface area contributed by atoms with Crippen molar-refractivity contribution in [2.45, 2.75) is 32.7 Å². The van der Waals surface area contributed by atoms with Crippen LogP contribution in [0.4, 0.5) is 0 Å². The van der Waals surface area contributed by atoms with Gasteiger partial charge in [0.1, 0.15) is 0 Å². The largest absolute Gasteiger partial charge is 0.454 e. The minimum absolute atomic E-state index is 0.0389. The van der Waals surface area contributed by atoms with E-state index in [-0.39, 0.29) is 12.7 Å². The average molecular weight is 368 g/mol. The van der Waals surface area contributed by atoms with E-state index in [0.29, 0.717) is 25.6 Å². The van der Waals surface area contributed by atoms with Crippen molar-refractivity contribution in [1.82, 2.24) is 10.2 Å². The summed E-state index contributed by atoms with van der Waals surface area (Å²) < 4.78 is 10.7. The maximum absolute atomic E-state index is 12.2. The fourth-order valence-corrected chi connectivity index (χ4v) is 3.12. The number of amides is 1. The second-order valence-corrected chi connectivity index (χ2v) is 7.36. The summed E-state index contributed by atoms with van der Waals surface area (Å²) in [5, 5.41) is 3.00. The summed E-state index contributed by atoms with van der Waals surface area (Å²) in [5.74, 6) is 2.13. The van der Waals surface area contributed by atoms with E-state index >= 15 is 0 Å². The third-order valence-corrected chi connectivity index (χ3v) is 4.69. The van der Waals surface area contributed by atoms with Crippen molar-refractivity contribution < 1.29 is 14.3 Å². The molecule has 144 valence electrons. The smallest absolute Gasteiger partial charge is 0.234 e. The highest BCUT2D eigenvalue weighted by molar-refractivity contribution is 5.77. The molecule has 2 aromatic rings. The van der Waals surface area contributed by atoms with Crippen LogP contribution in [0, 0.1) is 0 Å². The highest BCUT2D eigenvalue weighted by Crippen LogP contribution is 2.32. The number of nitrogens with one attached hydrogen (secondary N) is 1. The summed E-state index contributed by atoms with van der Waals surface area (Å²) in [4.78, 5) is 14.2. The Balaban J connectivity index is 1.39. The fraction of sp³-hybridized carbons (Fsp3) is 0.409. The molecule has 0 bridgehead atoms. The van der Waals surface area contributed by atoms with E-state index in [4.69, 9.17) is 9.47 Å². The standard InChI is InChI=1S/C22H28N2O3/c1-16(2)19-7-4-17(5-8-19)10-11-23-22(25)14-24(3)13-18-6-9-20-21(12-18)27-15-26-20/h4-9,12,16H,10-11,13-15H2,1-3H3,(H,23,25). The molecule has 0 aliphatic carbocycles. The molecule has 0 spiro atoms. The van der Waals surface area contributed by atoms with E-state index in [1.165, 1.54) is 11.1 Å². The van der Waals surface area contributed by atoms with Crippen molar-refractivity contribution in [2.24, 2.45) is 0 Å². The molecule has 0 unspecified atom stereocenters. The summed E-state index contributed by atoms with van der Waals surface area (Å²) in [6, 6.07) is 14.5. The Labute approximate surface area is 161 Å². The number of benzene rings is 2. The van der Waals surface area contributed by atoms with Gasteiger partial charge in [-0.2, -0.15) is 0 Å². The lowest BCUT2D eigenvalue weighted by Gasteiger charge is -2.16. The molecule has 0 radical (unpaired) electrons. The van der Waals surface area contributed by atoms with Gasteiger partial charge in [-0.25, -0.2) is 0 Å². The Morgan fingerprint density at radius 3 is 2.52 bits per heavy atom. The van der Waals surface area contributed by atoms with Crippen LogP contribution in [-0.4, -0.2) is 37.7 Å². The molecule has 1 N–H and O–H groups in total. The Morgan fingerprint density at radius 2 is 1.78 bits per heavy atom. The topological polar surface area (TPSA) is 50.8 Å². The van der Waals surface area contributed by atoms with Crippen molar-refractivity contribution in [2.75, 3.05) is 26.9 Å². The highest BCUT2D eigenvalue weighted by Gasteiger charge is 2.14. The number of ether oxygens (including phenoxy) is 2. The maximum atomic E-state index is 12.2. The summed E-state index contributed by atoms with van der Waals surface area (Å²) in [6.45, 7) is 6.35. The molecule has 27 heavy (non-hydrogen) atoms. The van der Waals surface area contributed by atoms with Gasteiger partial charge < -0.3 is 14.8 Å².